The van der Waals surface area contributed by atoms with Crippen LogP contribution in [-0.2, 0) is 6.42 Å². The van der Waals surface area contributed by atoms with E-state index >= 15 is 0 Å². The Balaban J connectivity index is 0.00000147. The summed E-state index contributed by atoms with van der Waals surface area (Å²) in [5.74, 6) is -0.578. The summed E-state index contributed by atoms with van der Waals surface area (Å²) in [5.41, 5.74) is 3.54. The second-order valence-corrected chi connectivity index (χ2v) is 4.51. The molecule has 2 aromatic carbocycles. The number of amides is 1. The summed E-state index contributed by atoms with van der Waals surface area (Å²) in [7, 11) is 0. The summed E-state index contributed by atoms with van der Waals surface area (Å²) in [6.45, 7) is 0.935. The van der Waals surface area contributed by atoms with Crippen LogP contribution in [0.2, 0.25) is 0 Å². The minimum absolute atomic E-state index is 0. The van der Waals surface area contributed by atoms with Gasteiger partial charge in [0.2, 0.25) is 0 Å². The summed E-state index contributed by atoms with van der Waals surface area (Å²) in [4.78, 5) is 12.0. The third-order valence-electron chi connectivity index (χ3n) is 3.18. The number of halogens is 2. The summed E-state index contributed by atoms with van der Waals surface area (Å²) >= 11 is 0. The number of hydrogen-bond acceptors (Lipinski definition) is 2. The molecule has 0 spiro atoms. The van der Waals surface area contributed by atoms with Crippen molar-refractivity contribution in [2.45, 2.75) is 6.42 Å². The van der Waals surface area contributed by atoms with Crippen molar-refractivity contribution in [1.29, 1.82) is 0 Å². The lowest BCUT2D eigenvalue weighted by Gasteiger charge is -2.07. The number of nitrogens with one attached hydrogen (secondary N) is 2. The van der Waals surface area contributed by atoms with Crippen LogP contribution in [0, 0.1) is 5.82 Å². The average molecular weight is 293 g/mol. The molecule has 1 heterocycles. The van der Waals surface area contributed by atoms with Crippen molar-refractivity contribution in [3.8, 4) is 0 Å². The van der Waals surface area contributed by atoms with Gasteiger partial charge in [0.15, 0.2) is 0 Å². The zero-order chi connectivity index (χ0) is 13.2. The maximum atomic E-state index is 12.8. The molecule has 0 bridgehead atoms. The maximum absolute atomic E-state index is 12.8. The van der Waals surface area contributed by atoms with Gasteiger partial charge in [-0.25, -0.2) is 4.39 Å². The van der Waals surface area contributed by atoms with Gasteiger partial charge in [-0.3, -0.25) is 4.79 Å². The normalized spacial score (nSPS) is 12.1. The smallest absolute Gasteiger partial charge is 0.255 e. The monoisotopic (exact) mass is 292 g/mol. The molecule has 1 amide bonds. The van der Waals surface area contributed by atoms with E-state index in [1.54, 1.807) is 0 Å². The predicted molar refractivity (Wildman–Crippen MR) is 80.2 cm³/mol. The first-order valence-electron chi connectivity index (χ1n) is 6.16. The first-order valence-corrected chi connectivity index (χ1v) is 6.16. The standard InChI is InChI=1S/C15H13FN2O.ClH/c16-12-3-1-10(2-4-12)15(19)18-13-5-6-14-11(9-13)7-8-17-14;/h1-6,9,17H,7-8H2,(H,18,19);1H. The molecule has 1 aliphatic rings. The fourth-order valence-corrected chi connectivity index (χ4v) is 2.19. The van der Waals surface area contributed by atoms with Crippen LogP contribution in [0.5, 0.6) is 0 Å². The fraction of sp³-hybridized carbons (Fsp3) is 0.133. The molecule has 0 unspecified atom stereocenters. The molecular weight excluding hydrogens is 279 g/mol. The Morgan fingerprint density at radius 3 is 2.65 bits per heavy atom. The number of carbonyl (C=O) groups is 1. The lowest BCUT2D eigenvalue weighted by molar-refractivity contribution is 0.102. The van der Waals surface area contributed by atoms with Gasteiger partial charge >= 0.3 is 0 Å². The Kier molecular flexibility index (Phi) is 4.25. The minimum atomic E-state index is -0.347. The van der Waals surface area contributed by atoms with Crippen LogP contribution in [0.3, 0.4) is 0 Å². The van der Waals surface area contributed by atoms with Crippen molar-refractivity contribution in [3.63, 3.8) is 0 Å². The molecule has 3 rings (SSSR count). The molecular formula is C15H14ClFN2O. The SMILES string of the molecule is Cl.O=C(Nc1ccc2c(c1)CCN2)c1ccc(F)cc1. The Morgan fingerprint density at radius 1 is 1.15 bits per heavy atom. The van der Waals surface area contributed by atoms with Crippen LogP contribution in [0.4, 0.5) is 15.8 Å². The van der Waals surface area contributed by atoms with Crippen molar-refractivity contribution in [2.24, 2.45) is 0 Å². The van der Waals surface area contributed by atoms with E-state index in [9.17, 15) is 9.18 Å². The molecule has 5 heteroatoms. The predicted octanol–water partition coefficient (Wildman–Crippen LogP) is 3.47. The quantitative estimate of drug-likeness (QED) is 0.890. The topological polar surface area (TPSA) is 41.1 Å². The van der Waals surface area contributed by atoms with Crippen LogP contribution in [0.15, 0.2) is 42.5 Å². The lowest BCUT2D eigenvalue weighted by atomic mass is 10.1. The van der Waals surface area contributed by atoms with Gasteiger partial charge in [-0.15, -0.1) is 12.4 Å². The Labute approximate surface area is 122 Å². The molecule has 3 nitrogen and oxygen atoms in total. The highest BCUT2D eigenvalue weighted by molar-refractivity contribution is 6.04. The highest BCUT2D eigenvalue weighted by Crippen LogP contribution is 2.25. The minimum Gasteiger partial charge on any atom is -0.384 e. The number of carbonyl (C=O) groups excluding carboxylic acids is 1. The molecule has 0 saturated carbocycles. The number of fused-ring (bicyclic) bond motifs is 1. The van der Waals surface area contributed by atoms with Crippen LogP contribution in [0.25, 0.3) is 0 Å². The first kappa shape index (κ1) is 14.3. The van der Waals surface area contributed by atoms with Gasteiger partial charge in [-0.05, 0) is 54.4 Å². The number of anilines is 2. The Bertz CT molecular complexity index is 628. The second kappa shape index (κ2) is 5.92. The van der Waals surface area contributed by atoms with Crippen molar-refractivity contribution in [3.05, 3.63) is 59.4 Å². The van der Waals surface area contributed by atoms with Crippen LogP contribution in [-0.4, -0.2) is 12.5 Å². The van der Waals surface area contributed by atoms with E-state index in [1.165, 1.54) is 29.8 Å². The van der Waals surface area contributed by atoms with E-state index in [1.807, 2.05) is 18.2 Å². The zero-order valence-corrected chi connectivity index (χ0v) is 11.5. The third-order valence-corrected chi connectivity index (χ3v) is 3.18. The van der Waals surface area contributed by atoms with Crippen molar-refractivity contribution in [1.82, 2.24) is 0 Å². The summed E-state index contributed by atoms with van der Waals surface area (Å²) < 4.78 is 12.8. The number of rotatable bonds is 2. The van der Waals surface area contributed by atoms with Crippen molar-refractivity contribution in [2.75, 3.05) is 17.2 Å². The third kappa shape index (κ3) is 2.91. The first-order chi connectivity index (χ1) is 9.22. The summed E-state index contributed by atoms with van der Waals surface area (Å²) in [6.07, 6.45) is 0.968. The molecule has 0 atom stereocenters. The molecule has 2 aromatic rings. The highest BCUT2D eigenvalue weighted by Gasteiger charge is 2.11. The number of benzene rings is 2. The molecule has 1 aliphatic heterocycles. The maximum Gasteiger partial charge on any atom is 0.255 e. The molecule has 2 N–H and O–H groups in total. The van der Waals surface area contributed by atoms with E-state index < -0.39 is 0 Å². The Hall–Kier alpha value is -2.07. The zero-order valence-electron chi connectivity index (χ0n) is 10.7. The van der Waals surface area contributed by atoms with Gasteiger partial charge in [-0.2, -0.15) is 0 Å². The summed E-state index contributed by atoms with van der Waals surface area (Å²) in [5, 5.41) is 6.08. The van der Waals surface area contributed by atoms with Gasteiger partial charge in [0.1, 0.15) is 5.82 Å². The largest absolute Gasteiger partial charge is 0.384 e. The Morgan fingerprint density at radius 2 is 1.90 bits per heavy atom. The fourth-order valence-electron chi connectivity index (χ4n) is 2.19. The van der Waals surface area contributed by atoms with Gasteiger partial charge in [-0.1, -0.05) is 0 Å². The van der Waals surface area contributed by atoms with Gasteiger partial charge in [0.05, 0.1) is 0 Å². The summed E-state index contributed by atoms with van der Waals surface area (Å²) in [6, 6.07) is 11.3. The lowest BCUT2D eigenvalue weighted by Crippen LogP contribution is -2.11. The van der Waals surface area contributed by atoms with Crippen LogP contribution in [0.1, 0.15) is 15.9 Å². The van der Waals surface area contributed by atoms with Crippen molar-refractivity contribution >= 4 is 29.7 Å². The van der Waals surface area contributed by atoms with Gasteiger partial charge < -0.3 is 10.6 Å². The van der Waals surface area contributed by atoms with E-state index in [-0.39, 0.29) is 24.1 Å². The van der Waals surface area contributed by atoms with E-state index in [4.69, 9.17) is 0 Å². The van der Waals surface area contributed by atoms with E-state index in [0.717, 1.165) is 24.3 Å². The molecule has 0 aromatic heterocycles. The molecule has 20 heavy (non-hydrogen) atoms. The average Bonchev–Trinajstić information content (AvgIpc) is 2.87. The van der Waals surface area contributed by atoms with Crippen LogP contribution < -0.4 is 10.6 Å². The molecule has 0 saturated heterocycles. The van der Waals surface area contributed by atoms with Gasteiger partial charge in [0.25, 0.3) is 5.91 Å². The van der Waals surface area contributed by atoms with E-state index in [0.29, 0.717) is 5.56 Å². The van der Waals surface area contributed by atoms with Crippen molar-refractivity contribution < 1.29 is 9.18 Å². The van der Waals surface area contributed by atoms with Gasteiger partial charge in [0, 0.05) is 23.5 Å². The number of hydrogen-bond donors (Lipinski definition) is 2. The van der Waals surface area contributed by atoms with E-state index in [2.05, 4.69) is 10.6 Å². The molecule has 0 radical (unpaired) electrons. The second-order valence-electron chi connectivity index (χ2n) is 4.51. The highest BCUT2D eigenvalue weighted by atomic mass is 35.5. The van der Waals surface area contributed by atoms with Crippen LogP contribution >= 0.6 is 12.4 Å². The molecule has 0 fully saturated rings. The molecule has 104 valence electrons. The molecule has 0 aliphatic carbocycles.